The van der Waals surface area contributed by atoms with Crippen LogP contribution in [0, 0.1) is 10.1 Å². The van der Waals surface area contributed by atoms with Crippen LogP contribution in [0.4, 0.5) is 5.69 Å². The van der Waals surface area contributed by atoms with Crippen LogP contribution in [0.3, 0.4) is 0 Å². The third kappa shape index (κ3) is 4.61. The quantitative estimate of drug-likeness (QED) is 0.418. The Morgan fingerprint density at radius 2 is 2.00 bits per heavy atom. The molecule has 2 N–H and O–H groups in total. The van der Waals surface area contributed by atoms with Gasteiger partial charge in [-0.1, -0.05) is 11.6 Å². The number of hydrazone groups is 1. The number of ether oxygens (including phenoxy) is 1. The fourth-order valence-corrected chi connectivity index (χ4v) is 2.95. The number of nitrogens with zero attached hydrogens (tertiary/aromatic N) is 2. The van der Waals surface area contributed by atoms with Gasteiger partial charge in [0.15, 0.2) is 0 Å². The molecule has 0 heterocycles. The van der Waals surface area contributed by atoms with Crippen molar-refractivity contribution < 1.29 is 23.2 Å². The summed E-state index contributed by atoms with van der Waals surface area (Å²) in [6.45, 7) is 2.25. The largest absolute Gasteiger partial charge is 0.502 e. The van der Waals surface area contributed by atoms with Crippen molar-refractivity contribution in [3.05, 3.63) is 57.1 Å². The highest BCUT2D eigenvalue weighted by atomic mass is 35.5. The smallest absolute Gasteiger partial charge is 0.312 e. The van der Waals surface area contributed by atoms with Gasteiger partial charge in [-0.05, 0) is 37.3 Å². The maximum atomic E-state index is 12.2. The van der Waals surface area contributed by atoms with E-state index in [1.54, 1.807) is 6.92 Å². The Balaban J connectivity index is 2.20. The zero-order valence-electron chi connectivity index (χ0n) is 13.4. The number of aromatic hydroxyl groups is 1. The SMILES string of the molecule is CCOc1ccc(S(=O)(=O)N/N=C/c2cc(Cl)cc([N+](=O)[O-])c2O)cc1. The van der Waals surface area contributed by atoms with Gasteiger partial charge in [0.1, 0.15) is 5.75 Å². The monoisotopic (exact) mass is 399 g/mol. The summed E-state index contributed by atoms with van der Waals surface area (Å²) in [6.07, 6.45) is 0.917. The standard InChI is InChI=1S/C15H14ClN3O6S/c1-2-25-12-3-5-13(6-4-12)26(23,24)18-17-9-10-7-11(16)8-14(15(10)20)19(21)22/h3-9,18,20H,2H2,1H3/b17-9+. The topological polar surface area (TPSA) is 131 Å². The number of hydrogen-bond donors (Lipinski definition) is 2. The molecule has 0 atom stereocenters. The highest BCUT2D eigenvalue weighted by Crippen LogP contribution is 2.32. The van der Waals surface area contributed by atoms with Crippen LogP contribution < -0.4 is 9.57 Å². The Bertz CT molecular complexity index is 945. The highest BCUT2D eigenvalue weighted by Gasteiger charge is 2.18. The van der Waals surface area contributed by atoms with Gasteiger partial charge < -0.3 is 9.84 Å². The number of phenolic OH excluding ortho intramolecular Hbond substituents is 1. The number of phenols is 1. The van der Waals surface area contributed by atoms with Crippen LogP contribution in [0.5, 0.6) is 11.5 Å². The lowest BCUT2D eigenvalue weighted by Gasteiger charge is -2.06. The van der Waals surface area contributed by atoms with Crippen LogP contribution in [-0.2, 0) is 10.0 Å². The summed E-state index contributed by atoms with van der Waals surface area (Å²) in [5, 5.41) is 24.2. The predicted molar refractivity (Wildman–Crippen MR) is 95.3 cm³/mol. The molecular weight excluding hydrogens is 386 g/mol. The normalized spacial score (nSPS) is 11.5. The van der Waals surface area contributed by atoms with Crippen molar-refractivity contribution in [2.45, 2.75) is 11.8 Å². The Hall–Kier alpha value is -2.85. The van der Waals surface area contributed by atoms with Crippen molar-refractivity contribution in [2.24, 2.45) is 5.10 Å². The van der Waals surface area contributed by atoms with Gasteiger partial charge in [-0.3, -0.25) is 10.1 Å². The Labute approximate surface area is 154 Å². The molecule has 26 heavy (non-hydrogen) atoms. The summed E-state index contributed by atoms with van der Waals surface area (Å²) in [4.78, 5) is 11.9. The van der Waals surface area contributed by atoms with Gasteiger partial charge in [0.05, 0.1) is 22.6 Å². The molecule has 0 unspecified atom stereocenters. The molecule has 2 rings (SSSR count). The summed E-state index contributed by atoms with van der Waals surface area (Å²) in [7, 11) is -3.96. The lowest BCUT2D eigenvalue weighted by atomic mass is 10.2. The number of sulfonamides is 1. The maximum absolute atomic E-state index is 12.2. The molecule has 138 valence electrons. The van der Waals surface area contributed by atoms with Crippen molar-refractivity contribution >= 4 is 33.5 Å². The molecule has 0 fully saturated rings. The zero-order chi connectivity index (χ0) is 19.3. The lowest BCUT2D eigenvalue weighted by molar-refractivity contribution is -0.385. The third-order valence-corrected chi connectivity index (χ3v) is 4.56. The molecule has 0 bridgehead atoms. The van der Waals surface area contributed by atoms with Crippen molar-refractivity contribution in [3.63, 3.8) is 0 Å². The minimum Gasteiger partial charge on any atom is -0.502 e. The first-order chi connectivity index (χ1) is 12.2. The van der Waals surface area contributed by atoms with Crippen LogP contribution >= 0.6 is 11.6 Å². The average molecular weight is 400 g/mol. The van der Waals surface area contributed by atoms with E-state index < -0.39 is 26.4 Å². The van der Waals surface area contributed by atoms with E-state index in [1.165, 1.54) is 30.3 Å². The molecule has 0 amide bonds. The van der Waals surface area contributed by atoms with E-state index in [-0.39, 0.29) is 15.5 Å². The molecule has 0 spiro atoms. The maximum Gasteiger partial charge on any atom is 0.312 e. The molecule has 9 nitrogen and oxygen atoms in total. The summed E-state index contributed by atoms with van der Waals surface area (Å²) in [5.74, 6) is -0.158. The van der Waals surface area contributed by atoms with Gasteiger partial charge in [-0.2, -0.15) is 13.5 Å². The van der Waals surface area contributed by atoms with E-state index in [0.29, 0.717) is 12.4 Å². The molecule has 2 aromatic rings. The van der Waals surface area contributed by atoms with E-state index >= 15 is 0 Å². The van der Waals surface area contributed by atoms with E-state index in [2.05, 4.69) is 5.10 Å². The first kappa shape index (κ1) is 19.5. The first-order valence-electron chi connectivity index (χ1n) is 7.19. The summed E-state index contributed by atoms with van der Waals surface area (Å²) in [6, 6.07) is 7.84. The predicted octanol–water partition coefficient (Wildman–Crippen LogP) is 2.66. The highest BCUT2D eigenvalue weighted by molar-refractivity contribution is 7.89. The second kappa shape index (κ2) is 8.02. The van der Waals surface area contributed by atoms with Crippen molar-refractivity contribution in [2.75, 3.05) is 6.61 Å². The number of benzene rings is 2. The molecule has 0 saturated heterocycles. The van der Waals surface area contributed by atoms with Crippen molar-refractivity contribution in [3.8, 4) is 11.5 Å². The van der Waals surface area contributed by atoms with E-state index in [1.807, 2.05) is 4.83 Å². The van der Waals surface area contributed by atoms with E-state index in [0.717, 1.165) is 12.3 Å². The van der Waals surface area contributed by atoms with Gasteiger partial charge in [-0.25, -0.2) is 4.83 Å². The summed E-state index contributed by atoms with van der Waals surface area (Å²) < 4.78 is 29.5. The minimum atomic E-state index is -3.96. The van der Waals surface area contributed by atoms with Gasteiger partial charge in [0.2, 0.25) is 5.75 Å². The number of nitro groups is 1. The number of nitrogens with one attached hydrogen (secondary N) is 1. The Morgan fingerprint density at radius 3 is 2.58 bits per heavy atom. The lowest BCUT2D eigenvalue weighted by Crippen LogP contribution is -2.18. The van der Waals surface area contributed by atoms with Gasteiger partial charge in [0.25, 0.3) is 10.0 Å². The average Bonchev–Trinajstić information content (AvgIpc) is 2.58. The summed E-state index contributed by atoms with van der Waals surface area (Å²) in [5.41, 5.74) is -0.730. The van der Waals surface area contributed by atoms with Gasteiger partial charge in [-0.15, -0.1) is 0 Å². The molecule has 0 aliphatic carbocycles. The Morgan fingerprint density at radius 1 is 1.35 bits per heavy atom. The van der Waals surface area contributed by atoms with Crippen molar-refractivity contribution in [1.82, 2.24) is 4.83 Å². The minimum absolute atomic E-state index is 0.00896. The number of rotatable bonds is 7. The van der Waals surface area contributed by atoms with Crippen LogP contribution in [0.1, 0.15) is 12.5 Å². The molecule has 0 aromatic heterocycles. The summed E-state index contributed by atoms with van der Waals surface area (Å²) >= 11 is 5.74. The van der Waals surface area contributed by atoms with Gasteiger partial charge >= 0.3 is 5.69 Å². The molecule has 0 saturated carbocycles. The number of hydrogen-bond acceptors (Lipinski definition) is 7. The van der Waals surface area contributed by atoms with Crippen LogP contribution in [0.2, 0.25) is 5.02 Å². The first-order valence-corrected chi connectivity index (χ1v) is 9.05. The molecule has 0 aliphatic rings. The fourth-order valence-electron chi connectivity index (χ4n) is 1.94. The third-order valence-electron chi connectivity index (χ3n) is 3.10. The van der Waals surface area contributed by atoms with Crippen LogP contribution in [0.25, 0.3) is 0 Å². The van der Waals surface area contributed by atoms with E-state index in [4.69, 9.17) is 16.3 Å². The Kier molecular flexibility index (Phi) is 6.01. The molecule has 0 aliphatic heterocycles. The zero-order valence-corrected chi connectivity index (χ0v) is 15.0. The molecule has 11 heteroatoms. The van der Waals surface area contributed by atoms with Crippen LogP contribution in [-0.4, -0.2) is 31.3 Å². The second-order valence-corrected chi connectivity index (χ2v) is 6.97. The second-order valence-electron chi connectivity index (χ2n) is 4.88. The van der Waals surface area contributed by atoms with E-state index in [9.17, 15) is 23.6 Å². The fraction of sp³-hybridized carbons (Fsp3) is 0.133. The molecular formula is C15H14ClN3O6S. The number of halogens is 1. The van der Waals surface area contributed by atoms with Gasteiger partial charge in [0, 0.05) is 16.7 Å². The van der Waals surface area contributed by atoms with Crippen molar-refractivity contribution in [1.29, 1.82) is 0 Å². The molecule has 2 aromatic carbocycles. The molecule has 0 radical (unpaired) electrons. The van der Waals surface area contributed by atoms with Crippen LogP contribution in [0.15, 0.2) is 46.4 Å². The number of nitro benzene ring substituents is 1.